The first-order chi connectivity index (χ1) is 9.27. The number of rotatable bonds is 1. The molecule has 0 bridgehead atoms. The Bertz CT molecular complexity index is 239. The third-order valence-corrected chi connectivity index (χ3v) is 4.32. The van der Waals surface area contributed by atoms with Crippen LogP contribution in [0.15, 0.2) is 12.2 Å². The van der Waals surface area contributed by atoms with Crippen LogP contribution in [-0.4, -0.2) is 17.3 Å². The Balaban J connectivity index is 2.33. The Hall–Kier alpha value is -0.340. The molecule has 0 aliphatic heterocycles. The number of hydrogen-bond acceptors (Lipinski definition) is 2. The van der Waals surface area contributed by atoms with Gasteiger partial charge in [0, 0.05) is 6.54 Å². The Kier molecular flexibility index (Phi) is 9.19. The van der Waals surface area contributed by atoms with Crippen LogP contribution in [0, 0.1) is 0 Å². The monoisotopic (exact) mass is 267 g/mol. The molecular formula is C17H33NO. The van der Waals surface area contributed by atoms with Crippen molar-refractivity contribution in [3.63, 3.8) is 0 Å². The van der Waals surface area contributed by atoms with E-state index in [0.29, 0.717) is 6.54 Å². The quantitative estimate of drug-likeness (QED) is 0.695. The fourth-order valence-corrected chi connectivity index (χ4v) is 2.88. The molecule has 2 nitrogen and oxygen atoms in total. The van der Waals surface area contributed by atoms with Crippen LogP contribution in [0.4, 0.5) is 0 Å². The summed E-state index contributed by atoms with van der Waals surface area (Å²) >= 11 is 0. The van der Waals surface area contributed by atoms with Gasteiger partial charge in [0.15, 0.2) is 0 Å². The summed E-state index contributed by atoms with van der Waals surface area (Å²) in [5, 5.41) is 10.5. The van der Waals surface area contributed by atoms with Crippen molar-refractivity contribution in [1.29, 1.82) is 0 Å². The van der Waals surface area contributed by atoms with Gasteiger partial charge in [0.2, 0.25) is 0 Å². The first-order valence-corrected chi connectivity index (χ1v) is 8.34. The van der Waals surface area contributed by atoms with Crippen molar-refractivity contribution in [2.24, 2.45) is 5.73 Å². The Morgan fingerprint density at radius 1 is 0.737 bits per heavy atom. The number of aliphatic hydroxyl groups is 1. The van der Waals surface area contributed by atoms with Gasteiger partial charge in [0.25, 0.3) is 0 Å². The molecule has 0 saturated carbocycles. The lowest BCUT2D eigenvalue weighted by atomic mass is 9.89. The van der Waals surface area contributed by atoms with Gasteiger partial charge in [0.1, 0.15) is 0 Å². The molecule has 1 unspecified atom stereocenters. The van der Waals surface area contributed by atoms with E-state index in [-0.39, 0.29) is 0 Å². The summed E-state index contributed by atoms with van der Waals surface area (Å²) in [5.41, 5.74) is 5.17. The fourth-order valence-electron chi connectivity index (χ4n) is 2.88. The molecule has 0 aromatic rings. The van der Waals surface area contributed by atoms with E-state index in [1.807, 2.05) is 0 Å². The molecular weight excluding hydrogens is 234 g/mol. The molecule has 112 valence electrons. The molecule has 1 rings (SSSR count). The lowest BCUT2D eigenvalue weighted by Gasteiger charge is -2.26. The van der Waals surface area contributed by atoms with Gasteiger partial charge in [-0.25, -0.2) is 0 Å². The van der Waals surface area contributed by atoms with Gasteiger partial charge < -0.3 is 10.8 Å². The molecule has 1 atom stereocenters. The van der Waals surface area contributed by atoms with Gasteiger partial charge >= 0.3 is 0 Å². The largest absolute Gasteiger partial charge is 0.389 e. The van der Waals surface area contributed by atoms with Crippen molar-refractivity contribution in [2.75, 3.05) is 6.54 Å². The van der Waals surface area contributed by atoms with Crippen molar-refractivity contribution >= 4 is 0 Å². The summed E-state index contributed by atoms with van der Waals surface area (Å²) in [4.78, 5) is 0. The highest BCUT2D eigenvalue weighted by atomic mass is 16.3. The van der Waals surface area contributed by atoms with E-state index >= 15 is 0 Å². The highest BCUT2D eigenvalue weighted by Crippen LogP contribution is 2.22. The maximum Gasteiger partial charge on any atom is 0.0769 e. The standard InChI is InChI=1S/C17H33NO/c18-16-17(19)14-12-10-8-6-4-2-1-3-5-7-9-11-13-15-17/h1-2,19H,3-16,18H2/b2-1+. The van der Waals surface area contributed by atoms with Crippen molar-refractivity contribution < 1.29 is 5.11 Å². The fraction of sp³-hybridized carbons (Fsp3) is 0.882. The molecule has 0 amide bonds. The summed E-state index contributed by atoms with van der Waals surface area (Å²) < 4.78 is 0. The van der Waals surface area contributed by atoms with Crippen molar-refractivity contribution in [3.05, 3.63) is 12.2 Å². The third kappa shape index (κ3) is 8.43. The average molecular weight is 267 g/mol. The van der Waals surface area contributed by atoms with Gasteiger partial charge in [-0.1, -0.05) is 57.1 Å². The lowest BCUT2D eigenvalue weighted by molar-refractivity contribution is 0.0264. The minimum absolute atomic E-state index is 0.426. The Morgan fingerprint density at radius 3 is 1.63 bits per heavy atom. The van der Waals surface area contributed by atoms with Crippen molar-refractivity contribution in [3.8, 4) is 0 Å². The predicted molar refractivity (Wildman–Crippen MR) is 83.2 cm³/mol. The van der Waals surface area contributed by atoms with Crippen molar-refractivity contribution in [1.82, 2.24) is 0 Å². The first-order valence-electron chi connectivity index (χ1n) is 8.34. The number of allylic oxidation sites excluding steroid dienone is 2. The SMILES string of the molecule is NCC1(O)CCCCCC/C=C/CCCCCCC1. The van der Waals surface area contributed by atoms with Crippen LogP contribution in [0.1, 0.15) is 83.5 Å². The molecule has 1 aliphatic rings. The first kappa shape index (κ1) is 16.7. The van der Waals surface area contributed by atoms with E-state index in [2.05, 4.69) is 12.2 Å². The summed E-state index contributed by atoms with van der Waals surface area (Å²) in [6.45, 7) is 0.426. The van der Waals surface area contributed by atoms with Crippen LogP contribution in [0.5, 0.6) is 0 Å². The van der Waals surface area contributed by atoms with Crippen molar-refractivity contribution in [2.45, 2.75) is 89.1 Å². The highest BCUT2D eigenvalue weighted by molar-refractivity contribution is 4.82. The molecule has 0 spiro atoms. The van der Waals surface area contributed by atoms with E-state index in [1.165, 1.54) is 57.8 Å². The van der Waals surface area contributed by atoms with E-state index in [1.54, 1.807) is 0 Å². The molecule has 19 heavy (non-hydrogen) atoms. The molecule has 0 saturated heterocycles. The van der Waals surface area contributed by atoms with Crippen LogP contribution >= 0.6 is 0 Å². The van der Waals surface area contributed by atoms with Gasteiger partial charge in [0.05, 0.1) is 5.60 Å². The maximum absolute atomic E-state index is 10.5. The summed E-state index contributed by atoms with van der Waals surface area (Å²) in [7, 11) is 0. The normalized spacial score (nSPS) is 30.8. The third-order valence-electron chi connectivity index (χ3n) is 4.32. The molecule has 2 heteroatoms. The number of nitrogens with two attached hydrogens (primary N) is 1. The van der Waals surface area contributed by atoms with Crippen LogP contribution in [0.3, 0.4) is 0 Å². The Labute approximate surface area is 119 Å². The topological polar surface area (TPSA) is 46.2 Å². The molecule has 0 aromatic heterocycles. The minimum atomic E-state index is -0.586. The molecule has 3 N–H and O–H groups in total. The zero-order valence-electron chi connectivity index (χ0n) is 12.6. The van der Waals surface area contributed by atoms with E-state index < -0.39 is 5.60 Å². The molecule has 1 aliphatic carbocycles. The summed E-state index contributed by atoms with van der Waals surface area (Å²) in [6, 6.07) is 0. The van der Waals surface area contributed by atoms with E-state index in [4.69, 9.17) is 5.73 Å². The second-order valence-corrected chi connectivity index (χ2v) is 6.16. The minimum Gasteiger partial charge on any atom is -0.389 e. The summed E-state index contributed by atoms with van der Waals surface area (Å²) in [6.07, 6.45) is 20.2. The number of hydrogen-bond donors (Lipinski definition) is 2. The van der Waals surface area contributed by atoms with Gasteiger partial charge in [-0.05, 0) is 38.5 Å². The van der Waals surface area contributed by atoms with E-state index in [9.17, 15) is 5.11 Å². The average Bonchev–Trinajstić information content (AvgIpc) is 2.42. The molecule has 0 fully saturated rings. The van der Waals surface area contributed by atoms with Gasteiger partial charge in [-0.15, -0.1) is 0 Å². The summed E-state index contributed by atoms with van der Waals surface area (Å²) in [5.74, 6) is 0. The van der Waals surface area contributed by atoms with Gasteiger partial charge in [-0.2, -0.15) is 0 Å². The van der Waals surface area contributed by atoms with Crippen LogP contribution in [0.25, 0.3) is 0 Å². The van der Waals surface area contributed by atoms with Crippen LogP contribution in [-0.2, 0) is 0 Å². The Morgan fingerprint density at radius 2 is 1.16 bits per heavy atom. The second-order valence-electron chi connectivity index (χ2n) is 6.16. The second kappa shape index (κ2) is 10.4. The zero-order valence-corrected chi connectivity index (χ0v) is 12.6. The molecule has 0 heterocycles. The lowest BCUT2D eigenvalue weighted by Crippen LogP contribution is -2.37. The highest BCUT2D eigenvalue weighted by Gasteiger charge is 2.23. The van der Waals surface area contributed by atoms with Gasteiger partial charge in [-0.3, -0.25) is 0 Å². The van der Waals surface area contributed by atoms with Crippen LogP contribution in [0.2, 0.25) is 0 Å². The smallest absolute Gasteiger partial charge is 0.0769 e. The molecule has 0 aromatic carbocycles. The van der Waals surface area contributed by atoms with Crippen LogP contribution < -0.4 is 5.73 Å². The molecule has 0 radical (unpaired) electrons. The zero-order chi connectivity index (χ0) is 13.8. The van der Waals surface area contributed by atoms with E-state index in [0.717, 1.165) is 25.7 Å². The maximum atomic E-state index is 10.5. The predicted octanol–water partition coefficient (Wildman–Crippen LogP) is 4.32.